The minimum Gasteiger partial charge on any atom is -0.493 e. The fourth-order valence-corrected chi connectivity index (χ4v) is 2.34. The van der Waals surface area contributed by atoms with Crippen LogP contribution in [0, 0.1) is 0 Å². The van der Waals surface area contributed by atoms with Crippen LogP contribution in [0.5, 0.6) is 5.75 Å². The van der Waals surface area contributed by atoms with Gasteiger partial charge in [0.15, 0.2) is 0 Å². The largest absolute Gasteiger partial charge is 0.493 e. The van der Waals surface area contributed by atoms with Crippen molar-refractivity contribution in [2.45, 2.75) is 38.2 Å². The summed E-state index contributed by atoms with van der Waals surface area (Å²) in [5.41, 5.74) is 2.59. The molecule has 0 aliphatic carbocycles. The van der Waals surface area contributed by atoms with E-state index in [4.69, 9.17) is 16.3 Å². The number of benzene rings is 1. The Morgan fingerprint density at radius 1 is 1.35 bits per heavy atom. The lowest BCUT2D eigenvalue weighted by atomic mass is 10.0. The number of aliphatic hydroxyl groups excluding tert-OH is 1. The Balaban J connectivity index is 1.83. The van der Waals surface area contributed by atoms with E-state index in [1.54, 1.807) is 0 Å². The Labute approximate surface area is 108 Å². The topological polar surface area (TPSA) is 29.5 Å². The van der Waals surface area contributed by atoms with Gasteiger partial charge in [0.2, 0.25) is 0 Å². The van der Waals surface area contributed by atoms with E-state index in [2.05, 4.69) is 12.1 Å². The van der Waals surface area contributed by atoms with E-state index in [9.17, 15) is 5.11 Å². The molecule has 0 radical (unpaired) electrons. The van der Waals surface area contributed by atoms with Crippen molar-refractivity contribution >= 4 is 11.6 Å². The van der Waals surface area contributed by atoms with E-state index in [1.165, 1.54) is 11.1 Å². The van der Waals surface area contributed by atoms with Crippen LogP contribution in [0.25, 0.3) is 0 Å². The average Bonchev–Trinajstić information content (AvgIpc) is 2.81. The molecule has 1 aliphatic heterocycles. The van der Waals surface area contributed by atoms with Crippen molar-refractivity contribution in [3.63, 3.8) is 0 Å². The van der Waals surface area contributed by atoms with Gasteiger partial charge in [0, 0.05) is 12.3 Å². The Bertz CT molecular complexity index is 365. The molecule has 1 atom stereocenters. The molecule has 2 rings (SSSR count). The van der Waals surface area contributed by atoms with Gasteiger partial charge in [0.05, 0.1) is 12.7 Å². The fraction of sp³-hybridized carbons (Fsp3) is 0.571. The first-order valence-corrected chi connectivity index (χ1v) is 6.81. The molecular formula is C14H19ClO2. The fourth-order valence-electron chi connectivity index (χ4n) is 2.19. The molecule has 0 saturated heterocycles. The molecule has 1 N–H and O–H groups in total. The maximum Gasteiger partial charge on any atom is 0.122 e. The van der Waals surface area contributed by atoms with E-state index in [0.29, 0.717) is 5.88 Å². The summed E-state index contributed by atoms with van der Waals surface area (Å²) in [4.78, 5) is 0. The highest BCUT2D eigenvalue weighted by atomic mass is 35.5. The van der Waals surface area contributed by atoms with Crippen LogP contribution in [-0.4, -0.2) is 23.7 Å². The Morgan fingerprint density at radius 2 is 2.24 bits per heavy atom. The quantitative estimate of drug-likeness (QED) is 0.791. The normalized spacial score (nSPS) is 15.4. The number of ether oxygens (including phenoxy) is 1. The summed E-state index contributed by atoms with van der Waals surface area (Å²) in [5.74, 6) is 1.66. The van der Waals surface area contributed by atoms with Crippen LogP contribution in [0.3, 0.4) is 0 Å². The summed E-state index contributed by atoms with van der Waals surface area (Å²) in [7, 11) is 0. The van der Waals surface area contributed by atoms with Crippen LogP contribution in [-0.2, 0) is 12.8 Å². The zero-order valence-corrected chi connectivity index (χ0v) is 10.7. The summed E-state index contributed by atoms with van der Waals surface area (Å²) in [6.45, 7) is 0.803. The van der Waals surface area contributed by atoms with Crippen LogP contribution in [0.1, 0.15) is 30.4 Å². The summed E-state index contributed by atoms with van der Waals surface area (Å²) < 4.78 is 5.47. The highest BCUT2D eigenvalue weighted by Crippen LogP contribution is 2.26. The number of rotatable bonds is 6. The number of fused-ring (bicyclic) bond motifs is 1. The molecule has 1 aromatic rings. The number of hydrogen-bond acceptors (Lipinski definition) is 2. The van der Waals surface area contributed by atoms with E-state index < -0.39 is 0 Å². The summed E-state index contributed by atoms with van der Waals surface area (Å²) in [5, 5.41) is 9.75. The first-order chi connectivity index (χ1) is 8.29. The molecule has 1 aliphatic rings. The van der Waals surface area contributed by atoms with Crippen molar-refractivity contribution < 1.29 is 9.84 Å². The second-order valence-corrected chi connectivity index (χ2v) is 4.94. The van der Waals surface area contributed by atoms with Gasteiger partial charge in [0.1, 0.15) is 5.75 Å². The van der Waals surface area contributed by atoms with Crippen LogP contribution in [0.15, 0.2) is 18.2 Å². The third-order valence-corrected chi connectivity index (χ3v) is 3.46. The maximum atomic E-state index is 9.75. The highest BCUT2D eigenvalue weighted by Gasteiger charge is 2.12. The third kappa shape index (κ3) is 3.62. The van der Waals surface area contributed by atoms with Crippen LogP contribution < -0.4 is 4.74 Å². The molecule has 1 unspecified atom stereocenters. The lowest BCUT2D eigenvalue weighted by Gasteiger charge is -2.10. The van der Waals surface area contributed by atoms with Crippen LogP contribution in [0.4, 0.5) is 0 Å². The monoisotopic (exact) mass is 254 g/mol. The van der Waals surface area contributed by atoms with E-state index in [1.807, 2.05) is 6.07 Å². The van der Waals surface area contributed by atoms with Gasteiger partial charge in [0.25, 0.3) is 0 Å². The van der Waals surface area contributed by atoms with Gasteiger partial charge in [-0.25, -0.2) is 0 Å². The predicted molar refractivity (Wildman–Crippen MR) is 69.9 cm³/mol. The van der Waals surface area contributed by atoms with E-state index >= 15 is 0 Å². The lowest BCUT2D eigenvalue weighted by Crippen LogP contribution is -2.08. The Kier molecular flexibility index (Phi) is 4.69. The van der Waals surface area contributed by atoms with Crippen LogP contribution in [0.2, 0.25) is 0 Å². The number of hydrogen-bond donors (Lipinski definition) is 1. The zero-order chi connectivity index (χ0) is 12.1. The van der Waals surface area contributed by atoms with Gasteiger partial charge in [-0.1, -0.05) is 12.1 Å². The molecule has 0 bridgehead atoms. The molecule has 0 amide bonds. The zero-order valence-electron chi connectivity index (χ0n) is 9.99. The minimum atomic E-state index is -0.224. The van der Waals surface area contributed by atoms with Gasteiger partial charge in [-0.05, 0) is 42.9 Å². The van der Waals surface area contributed by atoms with E-state index in [0.717, 1.165) is 44.5 Å². The molecular weight excluding hydrogens is 236 g/mol. The second-order valence-electron chi connectivity index (χ2n) is 4.56. The summed E-state index contributed by atoms with van der Waals surface area (Å²) in [6.07, 6.45) is 4.22. The number of aryl methyl sites for hydroxylation is 1. The molecule has 1 aromatic carbocycles. The number of halogens is 1. The first-order valence-electron chi connectivity index (χ1n) is 6.28. The Hall–Kier alpha value is -0.730. The molecule has 0 saturated carbocycles. The molecule has 3 heteroatoms. The molecule has 0 aromatic heterocycles. The third-order valence-electron chi connectivity index (χ3n) is 3.19. The summed E-state index contributed by atoms with van der Waals surface area (Å²) >= 11 is 5.60. The van der Waals surface area contributed by atoms with Crippen molar-refractivity contribution in [3.05, 3.63) is 29.3 Å². The number of alkyl halides is 1. The smallest absolute Gasteiger partial charge is 0.122 e. The van der Waals surface area contributed by atoms with Gasteiger partial charge in [-0.2, -0.15) is 0 Å². The molecule has 94 valence electrons. The molecule has 1 heterocycles. The highest BCUT2D eigenvalue weighted by molar-refractivity contribution is 6.17. The molecule has 0 spiro atoms. The molecule has 17 heavy (non-hydrogen) atoms. The lowest BCUT2D eigenvalue weighted by molar-refractivity contribution is 0.154. The SMILES string of the molecule is OC(CCCCl)CCc1ccc2c(c1)CCO2. The van der Waals surface area contributed by atoms with E-state index in [-0.39, 0.29) is 6.10 Å². The van der Waals surface area contributed by atoms with Crippen molar-refractivity contribution in [3.8, 4) is 5.75 Å². The molecule has 0 fully saturated rings. The Morgan fingerprint density at radius 3 is 3.06 bits per heavy atom. The average molecular weight is 255 g/mol. The van der Waals surface area contributed by atoms with Crippen LogP contribution >= 0.6 is 11.6 Å². The van der Waals surface area contributed by atoms with Crippen molar-refractivity contribution in [2.75, 3.05) is 12.5 Å². The maximum absolute atomic E-state index is 9.75. The first kappa shape index (κ1) is 12.7. The minimum absolute atomic E-state index is 0.224. The van der Waals surface area contributed by atoms with Crippen molar-refractivity contribution in [1.29, 1.82) is 0 Å². The van der Waals surface area contributed by atoms with Crippen molar-refractivity contribution in [2.24, 2.45) is 0 Å². The van der Waals surface area contributed by atoms with Gasteiger partial charge >= 0.3 is 0 Å². The molecule has 2 nitrogen and oxygen atoms in total. The second kappa shape index (κ2) is 6.27. The van der Waals surface area contributed by atoms with Gasteiger partial charge in [-0.15, -0.1) is 11.6 Å². The van der Waals surface area contributed by atoms with Gasteiger partial charge < -0.3 is 9.84 Å². The standard InChI is InChI=1S/C14H19ClO2/c15-8-1-2-13(16)5-3-11-4-6-14-12(10-11)7-9-17-14/h4,6,10,13,16H,1-3,5,7-9H2. The number of aliphatic hydroxyl groups is 1. The predicted octanol–water partition coefficient (Wildman–Crippen LogP) is 2.93. The van der Waals surface area contributed by atoms with Crippen molar-refractivity contribution in [1.82, 2.24) is 0 Å². The van der Waals surface area contributed by atoms with Gasteiger partial charge in [-0.3, -0.25) is 0 Å². The summed E-state index contributed by atoms with van der Waals surface area (Å²) in [6, 6.07) is 6.35.